The van der Waals surface area contributed by atoms with Gasteiger partial charge in [0.1, 0.15) is 11.2 Å². The van der Waals surface area contributed by atoms with Crippen LogP contribution in [0.2, 0.25) is 0 Å². The summed E-state index contributed by atoms with van der Waals surface area (Å²) in [4.78, 5) is 0. The van der Waals surface area contributed by atoms with Gasteiger partial charge in [-0.2, -0.15) is 0 Å². The van der Waals surface area contributed by atoms with Gasteiger partial charge < -0.3 is 13.6 Å². The van der Waals surface area contributed by atoms with Gasteiger partial charge >= 0.3 is 0 Å². The number of nitrogens with zero attached hydrogens (tertiary/aromatic N) is 2. The van der Waals surface area contributed by atoms with Gasteiger partial charge in [0, 0.05) is 74.7 Å². The molecule has 100 heavy (non-hydrogen) atoms. The van der Waals surface area contributed by atoms with Crippen molar-refractivity contribution >= 4 is 97.1 Å². The van der Waals surface area contributed by atoms with E-state index in [2.05, 4.69) is 370 Å². The molecule has 4 heterocycles. The predicted molar refractivity (Wildman–Crippen MR) is 431 cm³/mol. The Morgan fingerprint density at radius 1 is 0.240 bits per heavy atom. The molecule has 3 nitrogen and oxygen atoms in total. The molecule has 0 bridgehead atoms. The van der Waals surface area contributed by atoms with Crippen molar-refractivity contribution in [3.8, 4) is 33.6 Å². The van der Waals surface area contributed by atoms with Crippen LogP contribution in [0, 0.1) is 41.5 Å². The molecular weight excluding hydrogens is 1230 g/mol. The van der Waals surface area contributed by atoms with E-state index in [9.17, 15) is 0 Å². The number of hydrogen-bond donors (Lipinski definition) is 0. The molecule has 0 N–H and O–H groups in total. The number of furan rings is 1. The molecule has 0 amide bonds. The Hall–Kier alpha value is -11.3. The highest BCUT2D eigenvalue weighted by atomic mass is 32.1. The van der Waals surface area contributed by atoms with E-state index in [0.29, 0.717) is 0 Å². The number of thiophene rings is 1. The number of benzene rings is 14. The average molecular weight is 1310 g/mol. The summed E-state index contributed by atoms with van der Waals surface area (Å²) in [5.74, 6) is 0. The van der Waals surface area contributed by atoms with Gasteiger partial charge in [-0.3, -0.25) is 0 Å². The zero-order valence-electron chi connectivity index (χ0n) is 58.7. The normalized spacial score (nSPS) is 12.7. The lowest BCUT2D eigenvalue weighted by atomic mass is 9.82. The Morgan fingerprint density at radius 3 is 1.32 bits per heavy atom. The number of rotatable bonds is 2. The molecule has 4 aromatic heterocycles. The van der Waals surface area contributed by atoms with Crippen LogP contribution in [0.5, 0.6) is 0 Å². The third-order valence-electron chi connectivity index (χ3n) is 20.2. The maximum absolute atomic E-state index is 5.71. The van der Waals surface area contributed by atoms with Gasteiger partial charge in [0.05, 0.1) is 22.1 Å². The van der Waals surface area contributed by atoms with E-state index < -0.39 is 0 Å². The smallest absolute Gasteiger partial charge is 0.135 e. The lowest BCUT2D eigenvalue weighted by molar-refractivity contribution is 0.659. The average Bonchev–Trinajstić information content (AvgIpc) is 1.60. The molecule has 488 valence electrons. The Morgan fingerprint density at radius 2 is 0.640 bits per heavy atom. The fraction of sp³-hybridized carbons (Fsp3) is 0.125. The van der Waals surface area contributed by atoms with Gasteiger partial charge in [0.2, 0.25) is 0 Å². The van der Waals surface area contributed by atoms with Crippen LogP contribution in [0.1, 0.15) is 83.3 Å². The van der Waals surface area contributed by atoms with E-state index in [-0.39, 0.29) is 10.8 Å². The van der Waals surface area contributed by atoms with Crippen LogP contribution in [0.3, 0.4) is 0 Å². The van der Waals surface area contributed by atoms with Crippen molar-refractivity contribution in [2.24, 2.45) is 0 Å². The highest BCUT2D eigenvalue weighted by Gasteiger charge is 2.36. The van der Waals surface area contributed by atoms with Crippen molar-refractivity contribution in [2.45, 2.75) is 80.1 Å². The lowest BCUT2D eigenvalue weighted by Gasteiger charge is -2.21. The molecule has 20 rings (SSSR count). The molecule has 0 radical (unpaired) electrons. The maximum Gasteiger partial charge on any atom is 0.135 e. The second-order valence-electron chi connectivity index (χ2n) is 28.1. The first-order valence-corrected chi connectivity index (χ1v) is 35.7. The molecule has 0 unspecified atom stereocenters. The molecule has 2 aliphatic rings. The summed E-state index contributed by atoms with van der Waals surface area (Å²) < 4.78 is 13.2. The van der Waals surface area contributed by atoms with E-state index >= 15 is 0 Å². The van der Waals surface area contributed by atoms with Gasteiger partial charge in [0.15, 0.2) is 0 Å². The van der Waals surface area contributed by atoms with E-state index in [1.54, 1.807) is 0 Å². The molecule has 14 aromatic carbocycles. The molecule has 0 saturated carbocycles. The van der Waals surface area contributed by atoms with Gasteiger partial charge in [-0.05, 0) is 183 Å². The molecule has 4 heteroatoms. The van der Waals surface area contributed by atoms with Crippen LogP contribution in [0.4, 0.5) is 0 Å². The molecule has 2 aliphatic carbocycles. The SMILES string of the molecule is Cc1ccc2c(c1)-c1ccccc1C2(C)C.Cc1ccc2c(c1)C(C)(C)c1ccccc1-2.Cc1ccc2c(c1)c1ccccc1n2-c1ccccc1.Cc1ccc2c3ccccc3n(-c3ccccc3)c2c1.Cc1ccc2oc3ccccc3c2c1.Cc1ccc2sc3ccccc3c2c1. The first kappa shape index (κ1) is 64.7. The maximum atomic E-state index is 5.71. The second kappa shape index (κ2) is 26.8. The highest BCUT2D eigenvalue weighted by molar-refractivity contribution is 7.25. The topological polar surface area (TPSA) is 23.0 Å². The van der Waals surface area contributed by atoms with Crippen LogP contribution in [0.25, 0.3) is 119 Å². The van der Waals surface area contributed by atoms with Crippen molar-refractivity contribution in [1.29, 1.82) is 0 Å². The van der Waals surface area contributed by atoms with Crippen molar-refractivity contribution in [3.05, 3.63) is 371 Å². The van der Waals surface area contributed by atoms with E-state index in [4.69, 9.17) is 4.42 Å². The summed E-state index contributed by atoms with van der Waals surface area (Å²) in [7, 11) is 0. The minimum absolute atomic E-state index is 0.151. The Kier molecular flexibility index (Phi) is 17.4. The number of hydrogen-bond acceptors (Lipinski definition) is 2. The van der Waals surface area contributed by atoms with Crippen LogP contribution in [-0.2, 0) is 10.8 Å². The van der Waals surface area contributed by atoms with E-state index in [0.717, 1.165) is 11.2 Å². The van der Waals surface area contributed by atoms with Crippen LogP contribution in [-0.4, -0.2) is 9.13 Å². The monoisotopic (exact) mass is 1310 g/mol. The molecule has 0 atom stereocenters. The zero-order valence-corrected chi connectivity index (χ0v) is 59.5. The number of aromatic nitrogens is 2. The molecule has 0 saturated heterocycles. The zero-order chi connectivity index (χ0) is 68.8. The third-order valence-corrected chi connectivity index (χ3v) is 21.4. The van der Waals surface area contributed by atoms with Crippen LogP contribution >= 0.6 is 11.3 Å². The lowest BCUT2D eigenvalue weighted by Crippen LogP contribution is -2.14. The molecule has 0 fully saturated rings. The molecule has 0 aliphatic heterocycles. The van der Waals surface area contributed by atoms with Gasteiger partial charge in [-0.15, -0.1) is 11.3 Å². The highest BCUT2D eigenvalue weighted by Crippen LogP contribution is 2.50. The standard InChI is InChI=1S/2C19H15N.2C16H16.C13H10O.C13H10S/c1-14-11-12-19-17(13-14)16-9-5-6-10-18(16)20(19)15-7-3-2-4-8-15;1-14-11-12-17-16-9-5-6-10-18(16)20(19(17)13-14)15-7-3-2-4-8-15;1-11-8-9-15-13(10-11)12-6-4-5-7-14(12)16(15,2)3;1-11-8-9-13-12-6-4-5-7-14(12)16(2,3)15(13)10-11;2*1-9-6-7-13-11(8-9)10-4-2-3-5-12(10)14-13/h2*2-13H,1H3;2*4-10H,1-3H3;2*2-8H,1H3. The fourth-order valence-electron chi connectivity index (χ4n) is 15.2. The number of fused-ring (bicyclic) bond motifs is 18. The summed E-state index contributed by atoms with van der Waals surface area (Å²) in [6, 6.07) is 112. The summed E-state index contributed by atoms with van der Waals surface area (Å²) in [5.41, 5.74) is 29.1. The van der Waals surface area contributed by atoms with Crippen LogP contribution < -0.4 is 0 Å². The van der Waals surface area contributed by atoms with Crippen molar-refractivity contribution < 1.29 is 4.42 Å². The molecule has 18 aromatic rings. The number of para-hydroxylation sites is 5. The van der Waals surface area contributed by atoms with Crippen LogP contribution in [0.15, 0.2) is 320 Å². The first-order chi connectivity index (χ1) is 48.6. The predicted octanol–water partition coefficient (Wildman–Crippen LogP) is 27.0. The van der Waals surface area contributed by atoms with Crippen molar-refractivity contribution in [2.75, 3.05) is 0 Å². The van der Waals surface area contributed by atoms with Crippen molar-refractivity contribution in [1.82, 2.24) is 9.13 Å². The minimum atomic E-state index is 0.151. The minimum Gasteiger partial charge on any atom is -0.456 e. The Bertz CT molecular complexity index is 5930. The molecular formula is C96H82N2OS. The number of aryl methyl sites for hydroxylation is 6. The molecule has 0 spiro atoms. The summed E-state index contributed by atoms with van der Waals surface area (Å²) in [5, 5.41) is 10.5. The van der Waals surface area contributed by atoms with Gasteiger partial charge in [-0.1, -0.05) is 280 Å². The summed E-state index contributed by atoms with van der Waals surface area (Å²) in [6.07, 6.45) is 0. The van der Waals surface area contributed by atoms with Gasteiger partial charge in [-0.25, -0.2) is 0 Å². The second-order valence-corrected chi connectivity index (χ2v) is 29.1. The quantitative estimate of drug-likeness (QED) is 0.169. The Balaban J connectivity index is 0.0000000980. The van der Waals surface area contributed by atoms with E-state index in [1.165, 1.54) is 164 Å². The summed E-state index contributed by atoms with van der Waals surface area (Å²) in [6.45, 7) is 22.1. The van der Waals surface area contributed by atoms with Crippen molar-refractivity contribution in [3.63, 3.8) is 0 Å². The summed E-state index contributed by atoms with van der Waals surface area (Å²) >= 11 is 1.87. The first-order valence-electron chi connectivity index (χ1n) is 34.9. The Labute approximate surface area is 591 Å². The van der Waals surface area contributed by atoms with Gasteiger partial charge in [0.25, 0.3) is 0 Å². The fourth-order valence-corrected chi connectivity index (χ4v) is 16.3. The van der Waals surface area contributed by atoms with E-state index in [1.807, 2.05) is 35.6 Å². The largest absolute Gasteiger partial charge is 0.456 e. The third kappa shape index (κ3) is 12.2.